The fraction of sp³-hybridized carbons (Fsp3) is 0.533. The van der Waals surface area contributed by atoms with E-state index in [0.717, 1.165) is 31.5 Å². The molecule has 2 unspecified atom stereocenters. The maximum atomic E-state index is 12.2. The van der Waals surface area contributed by atoms with Crippen molar-refractivity contribution in [3.8, 4) is 0 Å². The van der Waals surface area contributed by atoms with Gasteiger partial charge in [-0.05, 0) is 51.1 Å². The van der Waals surface area contributed by atoms with Gasteiger partial charge in [0.25, 0.3) is 0 Å². The second kappa shape index (κ2) is 8.63. The average molecular weight is 362 g/mol. The van der Waals surface area contributed by atoms with Gasteiger partial charge in [0.05, 0.1) is 16.9 Å². The number of carbonyl (C=O) groups excluding carboxylic acids is 1. The SMILES string of the molecule is CNS(=O)(=O)c1ccc(C(C)NC(=O)C2CCCNC2)cc1.Cl. The molecule has 0 spiro atoms. The molecule has 0 bridgehead atoms. The summed E-state index contributed by atoms with van der Waals surface area (Å²) in [4.78, 5) is 12.4. The highest BCUT2D eigenvalue weighted by atomic mass is 35.5. The molecule has 1 aromatic carbocycles. The van der Waals surface area contributed by atoms with Gasteiger partial charge in [-0.15, -0.1) is 12.4 Å². The first kappa shape index (κ1) is 19.9. The molecule has 6 nitrogen and oxygen atoms in total. The predicted molar refractivity (Wildman–Crippen MR) is 92.1 cm³/mol. The van der Waals surface area contributed by atoms with E-state index in [0.29, 0.717) is 0 Å². The first-order valence-corrected chi connectivity index (χ1v) is 8.97. The van der Waals surface area contributed by atoms with Crippen molar-refractivity contribution < 1.29 is 13.2 Å². The number of hydrogen-bond acceptors (Lipinski definition) is 4. The van der Waals surface area contributed by atoms with Crippen molar-refractivity contribution in [1.29, 1.82) is 0 Å². The third-order valence-electron chi connectivity index (χ3n) is 3.99. The van der Waals surface area contributed by atoms with Crippen molar-refractivity contribution >= 4 is 28.3 Å². The first-order chi connectivity index (χ1) is 10.4. The quantitative estimate of drug-likeness (QED) is 0.735. The molecule has 0 aliphatic carbocycles. The third-order valence-corrected chi connectivity index (χ3v) is 5.42. The largest absolute Gasteiger partial charge is 0.349 e. The summed E-state index contributed by atoms with van der Waals surface area (Å²) in [5, 5.41) is 6.22. The molecule has 2 rings (SSSR count). The second-order valence-electron chi connectivity index (χ2n) is 5.55. The standard InChI is InChI=1S/C15H23N3O3S.ClH/c1-11(18-15(19)13-4-3-9-17-10-13)12-5-7-14(8-6-12)22(20,21)16-2;/h5-8,11,13,16-17H,3-4,9-10H2,1-2H3,(H,18,19);1H. The van der Waals surface area contributed by atoms with E-state index < -0.39 is 10.0 Å². The number of rotatable bonds is 5. The minimum absolute atomic E-state index is 0. The molecular weight excluding hydrogens is 338 g/mol. The van der Waals surface area contributed by atoms with Crippen LogP contribution < -0.4 is 15.4 Å². The Balaban J connectivity index is 0.00000264. The average Bonchev–Trinajstić information content (AvgIpc) is 2.55. The van der Waals surface area contributed by atoms with Crippen LogP contribution in [-0.2, 0) is 14.8 Å². The number of carbonyl (C=O) groups is 1. The highest BCUT2D eigenvalue weighted by molar-refractivity contribution is 7.89. The molecule has 0 aromatic heterocycles. The lowest BCUT2D eigenvalue weighted by Gasteiger charge is -2.24. The molecule has 1 saturated heterocycles. The summed E-state index contributed by atoms with van der Waals surface area (Å²) in [7, 11) is -2.05. The maximum absolute atomic E-state index is 12.2. The van der Waals surface area contributed by atoms with Crippen molar-refractivity contribution in [2.45, 2.75) is 30.7 Å². The van der Waals surface area contributed by atoms with Crippen molar-refractivity contribution in [1.82, 2.24) is 15.4 Å². The highest BCUT2D eigenvalue weighted by Gasteiger charge is 2.22. The topological polar surface area (TPSA) is 87.3 Å². The zero-order valence-electron chi connectivity index (χ0n) is 13.3. The van der Waals surface area contributed by atoms with E-state index in [4.69, 9.17) is 0 Å². The van der Waals surface area contributed by atoms with Crippen LogP contribution in [0, 0.1) is 5.92 Å². The van der Waals surface area contributed by atoms with Crippen molar-refractivity contribution in [3.63, 3.8) is 0 Å². The van der Waals surface area contributed by atoms with Crippen LogP contribution in [0.3, 0.4) is 0 Å². The summed E-state index contributed by atoms with van der Waals surface area (Å²) in [6.45, 7) is 3.59. The Morgan fingerprint density at radius 1 is 1.30 bits per heavy atom. The third kappa shape index (κ3) is 5.17. The molecule has 1 aliphatic heterocycles. The number of halogens is 1. The second-order valence-corrected chi connectivity index (χ2v) is 7.44. The van der Waals surface area contributed by atoms with Gasteiger partial charge in [0.15, 0.2) is 0 Å². The lowest BCUT2D eigenvalue weighted by molar-refractivity contribution is -0.126. The lowest BCUT2D eigenvalue weighted by atomic mass is 9.98. The highest BCUT2D eigenvalue weighted by Crippen LogP contribution is 2.18. The summed E-state index contributed by atoms with van der Waals surface area (Å²) in [6, 6.07) is 6.40. The Labute approximate surface area is 143 Å². The molecule has 1 aliphatic rings. The van der Waals surface area contributed by atoms with Crippen molar-refractivity contribution in [3.05, 3.63) is 29.8 Å². The Morgan fingerprint density at radius 3 is 2.48 bits per heavy atom. The summed E-state index contributed by atoms with van der Waals surface area (Å²) in [6.07, 6.45) is 1.92. The molecule has 1 aromatic rings. The van der Waals surface area contributed by atoms with E-state index in [-0.39, 0.29) is 35.2 Å². The number of piperidine rings is 1. The number of sulfonamides is 1. The minimum atomic E-state index is -3.43. The van der Waals surface area contributed by atoms with Crippen molar-refractivity contribution in [2.75, 3.05) is 20.1 Å². The van der Waals surface area contributed by atoms with Gasteiger partial charge < -0.3 is 10.6 Å². The zero-order valence-corrected chi connectivity index (χ0v) is 15.0. The molecule has 0 radical (unpaired) electrons. The van der Waals surface area contributed by atoms with E-state index in [1.54, 1.807) is 24.3 Å². The van der Waals surface area contributed by atoms with Crippen LogP contribution in [-0.4, -0.2) is 34.5 Å². The van der Waals surface area contributed by atoms with E-state index >= 15 is 0 Å². The summed E-state index contributed by atoms with van der Waals surface area (Å²) >= 11 is 0. The number of hydrogen-bond donors (Lipinski definition) is 3. The molecule has 8 heteroatoms. The van der Waals surface area contributed by atoms with Crippen molar-refractivity contribution in [2.24, 2.45) is 5.92 Å². The summed E-state index contributed by atoms with van der Waals surface area (Å²) in [5.74, 6) is 0.0618. The van der Waals surface area contributed by atoms with Crippen LogP contribution in [0.15, 0.2) is 29.2 Å². The Kier molecular flexibility index (Phi) is 7.47. The normalized spacial score (nSPS) is 19.5. The molecule has 23 heavy (non-hydrogen) atoms. The molecule has 0 saturated carbocycles. The van der Waals surface area contributed by atoms with Crippen LogP contribution in [0.5, 0.6) is 0 Å². The van der Waals surface area contributed by atoms with E-state index in [1.807, 2.05) is 6.92 Å². The molecule has 1 fully saturated rings. The summed E-state index contributed by atoms with van der Waals surface area (Å²) < 4.78 is 25.6. The van der Waals surface area contributed by atoms with Gasteiger partial charge in [-0.3, -0.25) is 4.79 Å². The van der Waals surface area contributed by atoms with E-state index in [9.17, 15) is 13.2 Å². The minimum Gasteiger partial charge on any atom is -0.349 e. The van der Waals surface area contributed by atoms with E-state index in [2.05, 4.69) is 15.4 Å². The fourth-order valence-corrected chi connectivity index (χ4v) is 3.27. The van der Waals surface area contributed by atoms with Gasteiger partial charge in [0.2, 0.25) is 15.9 Å². The van der Waals surface area contributed by atoms with Gasteiger partial charge in [-0.25, -0.2) is 13.1 Å². The number of nitrogens with one attached hydrogen (secondary N) is 3. The molecule has 2 atom stereocenters. The maximum Gasteiger partial charge on any atom is 0.240 e. The number of benzene rings is 1. The zero-order chi connectivity index (χ0) is 16.2. The van der Waals surface area contributed by atoms with Crippen LogP contribution in [0.25, 0.3) is 0 Å². The van der Waals surface area contributed by atoms with Gasteiger partial charge >= 0.3 is 0 Å². The molecular formula is C15H24ClN3O3S. The van der Waals surface area contributed by atoms with Crippen LogP contribution in [0.4, 0.5) is 0 Å². The van der Waals surface area contributed by atoms with Gasteiger partial charge in [0, 0.05) is 6.54 Å². The van der Waals surface area contributed by atoms with Crippen LogP contribution in [0.1, 0.15) is 31.4 Å². The molecule has 3 N–H and O–H groups in total. The first-order valence-electron chi connectivity index (χ1n) is 7.48. The number of amides is 1. The molecule has 1 amide bonds. The Morgan fingerprint density at radius 2 is 1.96 bits per heavy atom. The van der Waals surface area contributed by atoms with Gasteiger partial charge in [0.1, 0.15) is 0 Å². The Bertz CT molecular complexity index is 613. The molecule has 1 heterocycles. The van der Waals surface area contributed by atoms with Crippen LogP contribution in [0.2, 0.25) is 0 Å². The smallest absolute Gasteiger partial charge is 0.240 e. The van der Waals surface area contributed by atoms with Crippen LogP contribution >= 0.6 is 12.4 Å². The monoisotopic (exact) mass is 361 g/mol. The summed E-state index contributed by atoms with van der Waals surface area (Å²) in [5.41, 5.74) is 0.882. The predicted octanol–water partition coefficient (Wildman–Crippen LogP) is 1.19. The van der Waals surface area contributed by atoms with E-state index in [1.165, 1.54) is 7.05 Å². The van der Waals surface area contributed by atoms with Gasteiger partial charge in [-0.2, -0.15) is 0 Å². The fourth-order valence-electron chi connectivity index (χ4n) is 2.54. The van der Waals surface area contributed by atoms with Gasteiger partial charge in [-0.1, -0.05) is 12.1 Å². The molecule has 130 valence electrons. The Hall–Kier alpha value is -1.15. The lowest BCUT2D eigenvalue weighted by Crippen LogP contribution is -2.41.